The van der Waals surface area contributed by atoms with E-state index in [2.05, 4.69) is 32.8 Å². The van der Waals surface area contributed by atoms with Crippen LogP contribution in [0.15, 0.2) is 22.6 Å². The predicted molar refractivity (Wildman–Crippen MR) is 88.4 cm³/mol. The van der Waals surface area contributed by atoms with E-state index in [1.54, 1.807) is 0 Å². The maximum absolute atomic E-state index is 12.9. The SMILES string of the molecule is C[I-]C(C)(C(=O)OC(c1cc2ccc1o2)C(C)C)C12NI1N2. The van der Waals surface area contributed by atoms with E-state index in [-0.39, 0.29) is 46.3 Å². The van der Waals surface area contributed by atoms with E-state index >= 15 is 0 Å². The molecule has 4 heterocycles. The summed E-state index contributed by atoms with van der Waals surface area (Å²) in [6, 6.07) is 5.89. The average molecular weight is 529 g/mol. The Morgan fingerprint density at radius 2 is 2.14 bits per heavy atom. The van der Waals surface area contributed by atoms with Crippen molar-refractivity contribution in [2.45, 2.75) is 34.0 Å². The molecule has 2 atom stereocenters. The predicted octanol–water partition coefficient (Wildman–Crippen LogP) is -0.215. The second-order valence-electron chi connectivity index (χ2n) is 6.19. The van der Waals surface area contributed by atoms with Crippen molar-refractivity contribution in [3.63, 3.8) is 0 Å². The van der Waals surface area contributed by atoms with Crippen molar-refractivity contribution < 1.29 is 35.2 Å². The Hall–Kier alpha value is -0.130. The molecular weight excluding hydrogens is 510 g/mol. The van der Waals surface area contributed by atoms with Gasteiger partial charge in [0.1, 0.15) is 0 Å². The molecule has 2 aliphatic heterocycles. The van der Waals surface area contributed by atoms with Gasteiger partial charge < -0.3 is 0 Å². The minimum absolute atomic E-state index is 0.0288. The second kappa shape index (κ2) is 4.93. The van der Waals surface area contributed by atoms with Crippen LogP contribution in [0.1, 0.15) is 32.4 Å². The number of hydrogen-bond donors (Lipinski definition) is 2. The van der Waals surface area contributed by atoms with Gasteiger partial charge in [-0.2, -0.15) is 0 Å². The number of ether oxygens (including phenoxy) is 1. The Kier molecular flexibility index (Phi) is 3.45. The van der Waals surface area contributed by atoms with Gasteiger partial charge in [-0.1, -0.05) is 0 Å². The van der Waals surface area contributed by atoms with Gasteiger partial charge in [0, 0.05) is 0 Å². The molecule has 122 valence electrons. The van der Waals surface area contributed by atoms with Gasteiger partial charge in [-0.05, 0) is 0 Å². The van der Waals surface area contributed by atoms with Crippen LogP contribution < -0.4 is 28.3 Å². The standard InChI is InChI=1S/C15H19I2N2O3/c1-8(2)12(10-7-9-5-6-11(10)21-9)22-13(20)14(3,16-4)15-17(18-15)19-15/h5-8,12,18-19H,1-4H3/q-1. The number of furan rings is 2. The normalized spacial score (nSPS) is 24.3. The molecular formula is C15H19I2N2O3-. The number of nitrogens with one attached hydrogen (secondary N) is 2. The van der Waals surface area contributed by atoms with Gasteiger partial charge in [-0.3, -0.25) is 0 Å². The van der Waals surface area contributed by atoms with Crippen molar-refractivity contribution in [2.24, 2.45) is 5.92 Å². The molecule has 0 radical (unpaired) electrons. The fourth-order valence-corrected chi connectivity index (χ4v) is 13.1. The van der Waals surface area contributed by atoms with Crippen LogP contribution in [-0.2, 0) is 9.53 Å². The van der Waals surface area contributed by atoms with Crippen LogP contribution in [0.5, 0.6) is 0 Å². The molecule has 22 heavy (non-hydrogen) atoms. The van der Waals surface area contributed by atoms with Crippen molar-refractivity contribution in [1.82, 2.24) is 7.06 Å². The van der Waals surface area contributed by atoms with Crippen LogP contribution >= 0.6 is 20.4 Å². The molecule has 2 bridgehead atoms. The number of carbonyl (C=O) groups excluding carboxylic acids is 1. The summed E-state index contributed by atoms with van der Waals surface area (Å²) in [5.41, 5.74) is 2.67. The first-order chi connectivity index (χ1) is 10.4. The van der Waals surface area contributed by atoms with Gasteiger partial charge >= 0.3 is 148 Å². The third kappa shape index (κ3) is 2.04. The van der Waals surface area contributed by atoms with Crippen LogP contribution in [0, 0.1) is 5.92 Å². The molecule has 2 aromatic rings. The topological polar surface area (TPSA) is 83.3 Å². The molecule has 0 amide bonds. The van der Waals surface area contributed by atoms with Crippen LogP contribution in [0.25, 0.3) is 11.2 Å². The Morgan fingerprint density at radius 1 is 1.45 bits per heavy atom. The average Bonchev–Trinajstić information content (AvgIpc) is 3.25. The van der Waals surface area contributed by atoms with Crippen molar-refractivity contribution in [3.8, 4) is 0 Å². The van der Waals surface area contributed by atoms with Gasteiger partial charge in [0.05, 0.1) is 0 Å². The van der Waals surface area contributed by atoms with Crippen LogP contribution in [0.2, 0.25) is 0 Å². The first kappa shape index (κ1) is 15.4. The fraction of sp³-hybridized carbons (Fsp3) is 0.533. The molecule has 2 saturated heterocycles. The summed E-state index contributed by atoms with van der Waals surface area (Å²) in [4.78, 5) is 15.1. The Balaban J connectivity index is 1.59. The van der Waals surface area contributed by atoms with Crippen LogP contribution in [0.3, 0.4) is 0 Å². The molecule has 0 saturated carbocycles. The first-order valence-electron chi connectivity index (χ1n) is 7.20. The fourth-order valence-electron chi connectivity index (χ4n) is 2.74. The summed E-state index contributed by atoms with van der Waals surface area (Å²) in [5.74, 6) is 0.155. The Bertz CT molecular complexity index is 725. The monoisotopic (exact) mass is 529 g/mol. The van der Waals surface area contributed by atoms with Gasteiger partial charge in [0.25, 0.3) is 0 Å². The number of fused-ring (bicyclic) bond motifs is 3. The number of benzene rings is 1. The minimum atomic E-state index is -1.16. The quantitative estimate of drug-likeness (QED) is 0.135. The molecule has 0 aliphatic carbocycles. The zero-order chi connectivity index (χ0) is 15.7. The Labute approximate surface area is 147 Å². The molecule has 0 aromatic carbocycles. The van der Waals surface area contributed by atoms with Gasteiger partial charge in [0.2, 0.25) is 0 Å². The van der Waals surface area contributed by atoms with E-state index in [0.717, 1.165) is 16.7 Å². The number of halogens is 2. The van der Waals surface area contributed by atoms with Gasteiger partial charge in [-0.25, -0.2) is 0 Å². The molecule has 2 aromatic heterocycles. The summed E-state index contributed by atoms with van der Waals surface area (Å²) in [6.45, 7) is 6.23. The molecule has 4 rings (SSSR count). The molecule has 2 aliphatic rings. The van der Waals surface area contributed by atoms with Crippen LogP contribution in [0.4, 0.5) is 0 Å². The van der Waals surface area contributed by atoms with Crippen LogP contribution in [-0.4, -0.2) is 18.0 Å². The number of alkyl halides is 3. The molecule has 2 N–H and O–H groups in total. The van der Waals surface area contributed by atoms with Gasteiger partial charge in [0.15, 0.2) is 0 Å². The summed E-state index contributed by atoms with van der Waals surface area (Å²) in [5, 5.41) is 0. The maximum atomic E-state index is 12.9. The first-order valence-corrected chi connectivity index (χ1v) is 13.7. The Morgan fingerprint density at radius 3 is 2.55 bits per heavy atom. The molecule has 2 unspecified atom stereocenters. The number of esters is 1. The molecule has 0 spiro atoms. The third-order valence-electron chi connectivity index (χ3n) is 4.42. The summed E-state index contributed by atoms with van der Waals surface area (Å²) in [7, 11) is 0. The van der Waals surface area contributed by atoms with E-state index in [4.69, 9.17) is 9.15 Å². The van der Waals surface area contributed by atoms with E-state index in [1.807, 2.05) is 18.2 Å². The van der Waals surface area contributed by atoms with E-state index in [0.29, 0.717) is 0 Å². The second-order valence-corrected chi connectivity index (χ2v) is 13.7. The van der Waals surface area contributed by atoms with Crippen molar-refractivity contribution in [1.29, 1.82) is 0 Å². The zero-order valence-corrected chi connectivity index (χ0v) is 17.2. The van der Waals surface area contributed by atoms with Crippen molar-refractivity contribution in [2.75, 3.05) is 4.93 Å². The van der Waals surface area contributed by atoms with E-state index in [1.165, 1.54) is 0 Å². The summed E-state index contributed by atoms with van der Waals surface area (Å²) >= 11 is -1.44. The molecule has 7 heteroatoms. The zero-order valence-electron chi connectivity index (χ0n) is 12.9. The number of carbonyl (C=O) groups is 1. The van der Waals surface area contributed by atoms with Gasteiger partial charge in [-0.15, -0.1) is 0 Å². The van der Waals surface area contributed by atoms with E-state index in [9.17, 15) is 4.79 Å². The summed E-state index contributed by atoms with van der Waals surface area (Å²) < 4.78 is 18.2. The third-order valence-corrected chi connectivity index (χ3v) is 13.7. The molecule has 2 fully saturated rings. The van der Waals surface area contributed by atoms with Crippen molar-refractivity contribution >= 4 is 37.5 Å². The van der Waals surface area contributed by atoms with Crippen molar-refractivity contribution in [3.05, 3.63) is 23.8 Å². The number of rotatable bonds is 6. The summed E-state index contributed by atoms with van der Waals surface area (Å²) in [6.07, 6.45) is -0.240. The van der Waals surface area contributed by atoms with E-state index < -0.39 is 20.4 Å². The molecule has 5 nitrogen and oxygen atoms in total. The number of hydrogen-bond acceptors (Lipinski definition) is 5.